The molecule has 0 unspecified atom stereocenters. The van der Waals surface area contributed by atoms with Gasteiger partial charge >= 0.3 is 6.18 Å². The molecule has 0 atom stereocenters. The van der Waals surface area contributed by atoms with Crippen molar-refractivity contribution in [3.63, 3.8) is 0 Å². The van der Waals surface area contributed by atoms with Gasteiger partial charge in [-0.15, -0.1) is 0 Å². The number of hydrogen-bond acceptors (Lipinski definition) is 2. The molecule has 0 amide bonds. The van der Waals surface area contributed by atoms with E-state index in [0.717, 1.165) is 18.2 Å². The fourth-order valence-electron chi connectivity index (χ4n) is 1.83. The molecule has 106 valence electrons. The zero-order valence-electron chi connectivity index (χ0n) is 10.1. The van der Waals surface area contributed by atoms with Crippen molar-refractivity contribution in [3.8, 4) is 0 Å². The Hall–Kier alpha value is -1.95. The molecule has 0 saturated heterocycles. The van der Waals surface area contributed by atoms with Crippen molar-refractivity contribution in [1.82, 2.24) is 4.57 Å². The smallest absolute Gasteiger partial charge is 0.398 e. The van der Waals surface area contributed by atoms with Crippen LogP contribution < -0.4 is 11.3 Å². The molecule has 1 aromatic carbocycles. The summed E-state index contributed by atoms with van der Waals surface area (Å²) in [7, 11) is 0. The second kappa shape index (κ2) is 5.20. The first kappa shape index (κ1) is 14.5. The van der Waals surface area contributed by atoms with E-state index in [4.69, 9.17) is 17.3 Å². The lowest BCUT2D eigenvalue weighted by Gasteiger charge is -2.16. The van der Waals surface area contributed by atoms with Crippen LogP contribution in [0.2, 0.25) is 5.02 Å². The molecule has 0 radical (unpaired) electrons. The summed E-state index contributed by atoms with van der Waals surface area (Å²) in [6.07, 6.45) is -4.63. The zero-order chi connectivity index (χ0) is 14.9. The highest BCUT2D eigenvalue weighted by Gasteiger charge is 2.34. The second-order valence-electron chi connectivity index (χ2n) is 4.14. The van der Waals surface area contributed by atoms with E-state index >= 15 is 0 Å². The maximum atomic E-state index is 12.9. The molecule has 7 heteroatoms. The molecule has 0 bridgehead atoms. The van der Waals surface area contributed by atoms with E-state index in [2.05, 4.69) is 0 Å². The Morgan fingerprint density at radius 2 is 1.80 bits per heavy atom. The van der Waals surface area contributed by atoms with Crippen molar-refractivity contribution in [2.24, 2.45) is 0 Å². The van der Waals surface area contributed by atoms with Gasteiger partial charge in [0.1, 0.15) is 5.69 Å². The van der Waals surface area contributed by atoms with Crippen LogP contribution >= 0.6 is 11.6 Å². The van der Waals surface area contributed by atoms with Crippen molar-refractivity contribution in [3.05, 3.63) is 63.0 Å². The first-order valence-electron chi connectivity index (χ1n) is 5.60. The number of anilines is 1. The molecule has 2 aromatic rings. The van der Waals surface area contributed by atoms with Crippen LogP contribution in [-0.2, 0) is 12.7 Å². The number of nitrogens with zero attached hydrogens (tertiary/aromatic N) is 1. The Bertz CT molecular complexity index is 674. The summed E-state index contributed by atoms with van der Waals surface area (Å²) in [5, 5.41) is 0.217. The van der Waals surface area contributed by atoms with Crippen molar-refractivity contribution in [1.29, 1.82) is 0 Å². The maximum absolute atomic E-state index is 12.9. The summed E-state index contributed by atoms with van der Waals surface area (Å²) in [6, 6.07) is 7.57. The van der Waals surface area contributed by atoms with E-state index in [-0.39, 0.29) is 22.8 Å². The molecule has 0 aliphatic carbocycles. The van der Waals surface area contributed by atoms with Gasteiger partial charge in [0.25, 0.3) is 5.56 Å². The Morgan fingerprint density at radius 3 is 2.40 bits per heavy atom. The lowest BCUT2D eigenvalue weighted by Crippen LogP contribution is -2.28. The van der Waals surface area contributed by atoms with Gasteiger partial charge in [-0.25, -0.2) is 0 Å². The molecular formula is C13H10ClF3N2O. The number of pyridine rings is 1. The van der Waals surface area contributed by atoms with Crippen LogP contribution in [0.25, 0.3) is 0 Å². The number of hydrogen-bond donors (Lipinski definition) is 1. The Morgan fingerprint density at radius 1 is 1.15 bits per heavy atom. The summed E-state index contributed by atoms with van der Waals surface area (Å²) in [4.78, 5) is 11.7. The molecule has 1 aromatic heterocycles. The Labute approximate surface area is 117 Å². The topological polar surface area (TPSA) is 48.0 Å². The molecule has 0 spiro atoms. The van der Waals surface area contributed by atoms with Crippen LogP contribution in [0.3, 0.4) is 0 Å². The minimum absolute atomic E-state index is 0.217. The van der Waals surface area contributed by atoms with Crippen molar-refractivity contribution in [2.75, 3.05) is 5.73 Å². The summed E-state index contributed by atoms with van der Waals surface area (Å²) in [5.74, 6) is 0. The predicted molar refractivity (Wildman–Crippen MR) is 70.7 cm³/mol. The van der Waals surface area contributed by atoms with E-state index in [9.17, 15) is 18.0 Å². The fourth-order valence-corrected chi connectivity index (χ4v) is 2.07. The molecule has 2 rings (SSSR count). The van der Waals surface area contributed by atoms with E-state index in [0.29, 0.717) is 4.57 Å². The number of nitrogen functional groups attached to an aromatic ring is 1. The number of benzene rings is 1. The standard InChI is InChI=1S/C13H10ClF3N2O/c14-9-3-1-4-10(18)8(9)7-19-11(13(15,16)17)5-2-6-12(19)20/h1-6H,7,18H2. The van der Waals surface area contributed by atoms with Crippen LogP contribution in [0.4, 0.5) is 18.9 Å². The minimum Gasteiger partial charge on any atom is -0.398 e. The Balaban J connectivity index is 2.57. The van der Waals surface area contributed by atoms with Gasteiger partial charge in [0.15, 0.2) is 0 Å². The molecule has 1 heterocycles. The molecule has 3 nitrogen and oxygen atoms in total. The van der Waals surface area contributed by atoms with Crippen LogP contribution in [0.5, 0.6) is 0 Å². The molecule has 20 heavy (non-hydrogen) atoms. The van der Waals surface area contributed by atoms with E-state index in [1.165, 1.54) is 12.1 Å². The molecular weight excluding hydrogens is 293 g/mol. The molecule has 0 fully saturated rings. The average molecular weight is 303 g/mol. The third kappa shape index (κ3) is 2.80. The quantitative estimate of drug-likeness (QED) is 0.866. The van der Waals surface area contributed by atoms with Gasteiger partial charge in [0, 0.05) is 22.3 Å². The van der Waals surface area contributed by atoms with Gasteiger partial charge < -0.3 is 5.73 Å². The monoisotopic (exact) mass is 302 g/mol. The lowest BCUT2D eigenvalue weighted by atomic mass is 10.1. The molecule has 2 N–H and O–H groups in total. The van der Waals surface area contributed by atoms with Gasteiger partial charge in [0.2, 0.25) is 0 Å². The van der Waals surface area contributed by atoms with E-state index in [1.54, 1.807) is 6.07 Å². The third-order valence-electron chi connectivity index (χ3n) is 2.81. The SMILES string of the molecule is Nc1cccc(Cl)c1Cn1c(C(F)(F)F)cccc1=O. The first-order chi connectivity index (χ1) is 9.30. The lowest BCUT2D eigenvalue weighted by molar-refractivity contribution is -0.144. The predicted octanol–water partition coefficient (Wildman–Crippen LogP) is 3.15. The Kier molecular flexibility index (Phi) is 3.76. The van der Waals surface area contributed by atoms with Crippen molar-refractivity contribution < 1.29 is 13.2 Å². The van der Waals surface area contributed by atoms with Crippen LogP contribution in [-0.4, -0.2) is 4.57 Å². The number of nitrogens with two attached hydrogens (primary N) is 1. The fraction of sp³-hybridized carbons (Fsp3) is 0.154. The molecule has 0 aliphatic heterocycles. The maximum Gasteiger partial charge on any atom is 0.431 e. The van der Waals surface area contributed by atoms with Crippen LogP contribution in [0.1, 0.15) is 11.3 Å². The third-order valence-corrected chi connectivity index (χ3v) is 3.17. The van der Waals surface area contributed by atoms with Gasteiger partial charge in [-0.2, -0.15) is 13.2 Å². The van der Waals surface area contributed by atoms with Gasteiger partial charge in [-0.05, 0) is 18.2 Å². The largest absolute Gasteiger partial charge is 0.431 e. The van der Waals surface area contributed by atoms with E-state index in [1.807, 2.05) is 0 Å². The van der Waals surface area contributed by atoms with Gasteiger partial charge in [-0.1, -0.05) is 23.7 Å². The minimum atomic E-state index is -4.63. The van der Waals surface area contributed by atoms with Crippen molar-refractivity contribution >= 4 is 17.3 Å². The normalized spacial score (nSPS) is 11.6. The highest BCUT2D eigenvalue weighted by Crippen LogP contribution is 2.30. The number of halogens is 4. The van der Waals surface area contributed by atoms with Gasteiger partial charge in [0.05, 0.1) is 6.54 Å². The molecule has 0 saturated carbocycles. The van der Waals surface area contributed by atoms with Crippen molar-refractivity contribution in [2.45, 2.75) is 12.7 Å². The number of rotatable bonds is 2. The highest BCUT2D eigenvalue weighted by molar-refractivity contribution is 6.31. The summed E-state index contributed by atoms with van der Waals surface area (Å²) < 4.78 is 39.3. The molecule has 0 aliphatic rings. The zero-order valence-corrected chi connectivity index (χ0v) is 10.9. The highest BCUT2D eigenvalue weighted by atomic mass is 35.5. The van der Waals surface area contributed by atoms with E-state index < -0.39 is 17.4 Å². The second-order valence-corrected chi connectivity index (χ2v) is 4.55. The van der Waals surface area contributed by atoms with Crippen LogP contribution in [0.15, 0.2) is 41.2 Å². The first-order valence-corrected chi connectivity index (χ1v) is 5.98. The number of aromatic nitrogens is 1. The van der Waals surface area contributed by atoms with Gasteiger partial charge in [-0.3, -0.25) is 9.36 Å². The average Bonchev–Trinajstić information content (AvgIpc) is 2.34. The van der Waals surface area contributed by atoms with Crippen LogP contribution in [0, 0.1) is 0 Å². The summed E-state index contributed by atoms with van der Waals surface area (Å²) in [5.41, 5.74) is 4.42. The summed E-state index contributed by atoms with van der Waals surface area (Å²) >= 11 is 5.92. The summed E-state index contributed by atoms with van der Waals surface area (Å²) in [6.45, 7) is -0.333. The number of alkyl halides is 3.